The summed E-state index contributed by atoms with van der Waals surface area (Å²) in [6.45, 7) is 0.628. The van der Waals surface area contributed by atoms with Gasteiger partial charge in [0, 0.05) is 6.42 Å². The molecule has 0 amide bonds. The van der Waals surface area contributed by atoms with E-state index < -0.39 is 0 Å². The fraction of sp³-hybridized carbons (Fsp3) is 0.750. The first-order valence-corrected chi connectivity index (χ1v) is 5.38. The summed E-state index contributed by atoms with van der Waals surface area (Å²) in [5.74, 6) is 2.59. The van der Waals surface area contributed by atoms with Gasteiger partial charge in [-0.15, -0.1) is 6.42 Å². The molecule has 0 aromatic heterocycles. The Morgan fingerprint density at radius 3 is 2.50 bits per heavy atom. The van der Waals surface area contributed by atoms with Crippen LogP contribution in [0.3, 0.4) is 0 Å². The SMILES string of the molecule is C#CCC(=O)CC1(CN)CCCCC1. The van der Waals surface area contributed by atoms with Crippen LogP contribution in [0.2, 0.25) is 0 Å². The summed E-state index contributed by atoms with van der Waals surface area (Å²) in [5.41, 5.74) is 5.85. The second kappa shape index (κ2) is 5.17. The van der Waals surface area contributed by atoms with Gasteiger partial charge in [0.05, 0.1) is 6.42 Å². The molecule has 0 spiro atoms. The first-order valence-electron chi connectivity index (χ1n) is 5.38. The number of rotatable bonds is 4. The lowest BCUT2D eigenvalue weighted by Gasteiger charge is -2.35. The van der Waals surface area contributed by atoms with Crippen LogP contribution in [0, 0.1) is 17.8 Å². The Bertz CT molecular complexity index is 233. The number of ketones is 1. The lowest BCUT2D eigenvalue weighted by Crippen LogP contribution is -2.34. The van der Waals surface area contributed by atoms with E-state index in [0.717, 1.165) is 12.8 Å². The summed E-state index contributed by atoms with van der Waals surface area (Å²) in [6, 6.07) is 0. The highest BCUT2D eigenvalue weighted by molar-refractivity contribution is 5.81. The molecular weight excluding hydrogens is 174 g/mol. The monoisotopic (exact) mass is 193 g/mol. The Morgan fingerprint density at radius 2 is 2.00 bits per heavy atom. The molecule has 78 valence electrons. The average Bonchev–Trinajstić information content (AvgIpc) is 2.19. The highest BCUT2D eigenvalue weighted by Gasteiger charge is 2.32. The summed E-state index contributed by atoms with van der Waals surface area (Å²) in [6.07, 6.45) is 11.9. The van der Waals surface area contributed by atoms with E-state index in [1.54, 1.807) is 0 Å². The molecule has 0 unspecified atom stereocenters. The molecule has 1 aliphatic carbocycles. The average molecular weight is 193 g/mol. The largest absolute Gasteiger partial charge is 0.330 e. The van der Waals surface area contributed by atoms with Crippen molar-refractivity contribution in [3.8, 4) is 12.3 Å². The second-order valence-electron chi connectivity index (χ2n) is 4.36. The van der Waals surface area contributed by atoms with Crippen molar-refractivity contribution in [3.05, 3.63) is 0 Å². The van der Waals surface area contributed by atoms with Crippen LogP contribution < -0.4 is 5.73 Å². The molecule has 0 atom stereocenters. The van der Waals surface area contributed by atoms with Gasteiger partial charge in [-0.25, -0.2) is 0 Å². The summed E-state index contributed by atoms with van der Waals surface area (Å²) >= 11 is 0. The Hall–Kier alpha value is -0.810. The van der Waals surface area contributed by atoms with Crippen LogP contribution in [0.25, 0.3) is 0 Å². The van der Waals surface area contributed by atoms with Crippen molar-refractivity contribution in [3.63, 3.8) is 0 Å². The Kier molecular flexibility index (Phi) is 4.16. The first-order chi connectivity index (χ1) is 6.72. The molecule has 0 heterocycles. The van der Waals surface area contributed by atoms with Gasteiger partial charge in [-0.2, -0.15) is 0 Å². The van der Waals surface area contributed by atoms with Crippen molar-refractivity contribution >= 4 is 5.78 Å². The summed E-state index contributed by atoms with van der Waals surface area (Å²) in [5, 5.41) is 0. The van der Waals surface area contributed by atoms with Gasteiger partial charge in [-0.1, -0.05) is 25.2 Å². The highest BCUT2D eigenvalue weighted by atomic mass is 16.1. The van der Waals surface area contributed by atoms with Crippen molar-refractivity contribution in [2.24, 2.45) is 11.1 Å². The predicted octanol–water partition coefficient (Wildman–Crippen LogP) is 1.88. The Balaban J connectivity index is 2.52. The van der Waals surface area contributed by atoms with Gasteiger partial charge in [0.1, 0.15) is 5.78 Å². The van der Waals surface area contributed by atoms with E-state index in [1.807, 2.05) is 0 Å². The molecule has 1 aliphatic rings. The standard InChI is InChI=1S/C12H19NO/c1-2-6-11(14)9-12(10-13)7-4-3-5-8-12/h1H,3-10,13H2. The fourth-order valence-corrected chi connectivity index (χ4v) is 2.35. The van der Waals surface area contributed by atoms with Crippen LogP contribution in [0.4, 0.5) is 0 Å². The van der Waals surface area contributed by atoms with E-state index in [0.29, 0.717) is 13.0 Å². The smallest absolute Gasteiger partial charge is 0.145 e. The molecule has 0 aliphatic heterocycles. The number of hydrogen-bond acceptors (Lipinski definition) is 2. The van der Waals surface area contributed by atoms with Crippen molar-refractivity contribution < 1.29 is 4.79 Å². The zero-order chi connectivity index (χ0) is 10.4. The van der Waals surface area contributed by atoms with Gasteiger partial charge < -0.3 is 5.73 Å². The maximum absolute atomic E-state index is 11.5. The number of Topliss-reactive ketones (excluding diaryl/α,β-unsaturated/α-hetero) is 1. The normalized spacial score (nSPS) is 20.0. The topological polar surface area (TPSA) is 43.1 Å². The van der Waals surface area contributed by atoms with Crippen LogP contribution in [0.5, 0.6) is 0 Å². The van der Waals surface area contributed by atoms with E-state index in [9.17, 15) is 4.79 Å². The van der Waals surface area contributed by atoms with E-state index in [2.05, 4.69) is 5.92 Å². The van der Waals surface area contributed by atoms with Crippen LogP contribution in [-0.4, -0.2) is 12.3 Å². The zero-order valence-electron chi connectivity index (χ0n) is 8.72. The molecule has 0 radical (unpaired) electrons. The minimum absolute atomic E-state index is 0.0756. The molecule has 0 aromatic rings. The Labute approximate surface area is 86.2 Å². The molecule has 2 N–H and O–H groups in total. The van der Waals surface area contributed by atoms with Crippen molar-refractivity contribution in [2.45, 2.75) is 44.9 Å². The Morgan fingerprint density at radius 1 is 1.36 bits per heavy atom. The van der Waals surface area contributed by atoms with Gasteiger partial charge in [0.2, 0.25) is 0 Å². The van der Waals surface area contributed by atoms with E-state index in [4.69, 9.17) is 12.2 Å². The third-order valence-corrected chi connectivity index (χ3v) is 3.22. The maximum Gasteiger partial charge on any atom is 0.145 e. The number of carbonyl (C=O) groups is 1. The summed E-state index contributed by atoms with van der Waals surface area (Å²) < 4.78 is 0. The minimum Gasteiger partial charge on any atom is -0.330 e. The van der Waals surface area contributed by atoms with Crippen molar-refractivity contribution in [1.82, 2.24) is 0 Å². The van der Waals surface area contributed by atoms with Crippen LogP contribution in [0.1, 0.15) is 44.9 Å². The number of carbonyl (C=O) groups excluding carboxylic acids is 1. The molecule has 0 saturated heterocycles. The third-order valence-electron chi connectivity index (χ3n) is 3.22. The molecule has 0 bridgehead atoms. The molecule has 1 rings (SSSR count). The van der Waals surface area contributed by atoms with E-state index >= 15 is 0 Å². The van der Waals surface area contributed by atoms with Gasteiger partial charge in [0.15, 0.2) is 0 Å². The summed E-state index contributed by atoms with van der Waals surface area (Å²) in [7, 11) is 0. The number of nitrogens with two attached hydrogens (primary N) is 1. The number of terminal acetylenes is 1. The van der Waals surface area contributed by atoms with Crippen LogP contribution in [-0.2, 0) is 4.79 Å². The van der Waals surface area contributed by atoms with Crippen LogP contribution >= 0.6 is 0 Å². The highest BCUT2D eigenvalue weighted by Crippen LogP contribution is 2.38. The zero-order valence-corrected chi connectivity index (χ0v) is 8.72. The molecule has 14 heavy (non-hydrogen) atoms. The second-order valence-corrected chi connectivity index (χ2v) is 4.36. The van der Waals surface area contributed by atoms with Crippen molar-refractivity contribution in [2.75, 3.05) is 6.54 Å². The molecule has 2 nitrogen and oxygen atoms in total. The van der Waals surface area contributed by atoms with Gasteiger partial charge in [-0.05, 0) is 24.8 Å². The molecule has 1 saturated carbocycles. The number of hydrogen-bond donors (Lipinski definition) is 1. The van der Waals surface area contributed by atoms with E-state index in [-0.39, 0.29) is 17.6 Å². The van der Waals surface area contributed by atoms with Crippen LogP contribution in [0.15, 0.2) is 0 Å². The predicted molar refractivity (Wildman–Crippen MR) is 57.6 cm³/mol. The van der Waals surface area contributed by atoms with Gasteiger partial charge in [-0.3, -0.25) is 4.79 Å². The molecule has 1 fully saturated rings. The van der Waals surface area contributed by atoms with Gasteiger partial charge >= 0.3 is 0 Å². The molecule has 0 aromatic carbocycles. The quantitative estimate of drug-likeness (QED) is 0.693. The van der Waals surface area contributed by atoms with E-state index in [1.165, 1.54) is 19.3 Å². The maximum atomic E-state index is 11.5. The fourth-order valence-electron chi connectivity index (χ4n) is 2.35. The third kappa shape index (κ3) is 2.85. The lowest BCUT2D eigenvalue weighted by molar-refractivity contribution is -0.120. The first kappa shape index (κ1) is 11.3. The molecular formula is C12H19NO. The molecule has 2 heteroatoms. The van der Waals surface area contributed by atoms with Crippen molar-refractivity contribution in [1.29, 1.82) is 0 Å². The minimum atomic E-state index is 0.0756. The lowest BCUT2D eigenvalue weighted by atomic mass is 9.71. The van der Waals surface area contributed by atoms with Gasteiger partial charge in [0.25, 0.3) is 0 Å². The summed E-state index contributed by atoms with van der Waals surface area (Å²) in [4.78, 5) is 11.5.